The number of thiophene rings is 1. The quantitative estimate of drug-likeness (QED) is 0.527. The Morgan fingerprint density at radius 2 is 1.69 bits per heavy atom. The monoisotopic (exact) mass is 431 g/mol. The van der Waals surface area contributed by atoms with Crippen LogP contribution in [0, 0.1) is 0 Å². The molecule has 0 spiro atoms. The maximum Gasteiger partial charge on any atom is 0.339 e. The smallest absolute Gasteiger partial charge is 0.339 e. The first-order valence-electron chi connectivity index (χ1n) is 8.06. The van der Waals surface area contributed by atoms with E-state index in [4.69, 9.17) is 4.74 Å². The van der Waals surface area contributed by atoms with Crippen LogP contribution in [-0.2, 0) is 4.74 Å². The minimum atomic E-state index is -0.572. The van der Waals surface area contributed by atoms with Crippen LogP contribution in [0.1, 0.15) is 40.8 Å². The van der Waals surface area contributed by atoms with Crippen molar-refractivity contribution in [3.05, 3.63) is 62.8 Å². The van der Waals surface area contributed by atoms with Crippen LogP contribution in [0.3, 0.4) is 0 Å². The Bertz CT molecular complexity index is 988. The number of fused-ring (bicyclic) bond motifs is 1. The molecule has 1 aromatic heterocycles. The molecule has 2 aromatic carbocycles. The van der Waals surface area contributed by atoms with Gasteiger partial charge >= 0.3 is 5.97 Å². The Labute approximate surface area is 164 Å². The van der Waals surface area contributed by atoms with Gasteiger partial charge in [-0.05, 0) is 66.4 Å². The number of carbonyl (C=O) groups is 2. The van der Waals surface area contributed by atoms with Crippen LogP contribution in [0.25, 0.3) is 10.8 Å². The summed E-state index contributed by atoms with van der Waals surface area (Å²) < 4.78 is 6.39. The maximum atomic E-state index is 12.5. The van der Waals surface area contributed by atoms with Gasteiger partial charge in [0.25, 0.3) is 5.91 Å². The summed E-state index contributed by atoms with van der Waals surface area (Å²) in [6.07, 6.45) is 0. The van der Waals surface area contributed by atoms with E-state index in [1.54, 1.807) is 18.2 Å². The first-order chi connectivity index (χ1) is 12.2. The van der Waals surface area contributed by atoms with Crippen molar-refractivity contribution < 1.29 is 14.3 Å². The Morgan fingerprint density at radius 3 is 2.31 bits per heavy atom. The van der Waals surface area contributed by atoms with Crippen LogP contribution in [0.2, 0.25) is 0 Å². The molecule has 6 heteroatoms. The van der Waals surface area contributed by atoms with E-state index in [0.29, 0.717) is 16.1 Å². The highest BCUT2D eigenvalue weighted by atomic mass is 79.9. The summed E-state index contributed by atoms with van der Waals surface area (Å²) in [5, 5.41) is 4.46. The third kappa shape index (κ3) is 4.14. The van der Waals surface area contributed by atoms with Crippen LogP contribution in [-0.4, -0.2) is 17.5 Å². The summed E-state index contributed by atoms with van der Waals surface area (Å²) in [4.78, 5) is 25.6. The lowest BCUT2D eigenvalue weighted by Gasteiger charge is -2.20. The molecule has 0 bridgehead atoms. The molecule has 0 aliphatic carbocycles. The molecule has 0 aliphatic heterocycles. The largest absolute Gasteiger partial charge is 0.456 e. The number of benzene rings is 2. The summed E-state index contributed by atoms with van der Waals surface area (Å²) in [6, 6.07) is 14.5. The van der Waals surface area contributed by atoms with Crippen molar-refractivity contribution in [2.45, 2.75) is 26.4 Å². The average molecular weight is 432 g/mol. The number of anilines is 1. The van der Waals surface area contributed by atoms with Crippen LogP contribution in [0.15, 0.2) is 52.3 Å². The van der Waals surface area contributed by atoms with Crippen LogP contribution in [0.4, 0.5) is 5.69 Å². The average Bonchev–Trinajstić information content (AvgIpc) is 3.00. The van der Waals surface area contributed by atoms with Crippen LogP contribution in [0.5, 0.6) is 0 Å². The zero-order valence-electron chi connectivity index (χ0n) is 14.6. The molecule has 0 aliphatic rings. The SMILES string of the molecule is CC(C)(C)OC(=O)c1ccc(NC(=O)c2ccc(Br)s2)c2ccccc12. The van der Waals surface area contributed by atoms with E-state index in [9.17, 15) is 9.59 Å². The van der Waals surface area contributed by atoms with E-state index in [-0.39, 0.29) is 11.9 Å². The highest BCUT2D eigenvalue weighted by Crippen LogP contribution is 2.29. The standard InChI is InChI=1S/C20H18BrNO3S/c1-20(2,3)25-19(24)14-8-9-15(13-7-5-4-6-12(13)14)22-18(23)16-10-11-17(21)26-16/h4-11H,1-3H3,(H,22,23). The van der Waals surface area contributed by atoms with Crippen molar-refractivity contribution in [3.63, 3.8) is 0 Å². The minimum Gasteiger partial charge on any atom is -0.456 e. The molecule has 0 fully saturated rings. The molecule has 26 heavy (non-hydrogen) atoms. The van der Waals surface area contributed by atoms with Crippen molar-refractivity contribution >= 4 is 55.6 Å². The molecular weight excluding hydrogens is 414 g/mol. The van der Waals surface area contributed by atoms with Gasteiger partial charge in [-0.1, -0.05) is 24.3 Å². The van der Waals surface area contributed by atoms with E-state index >= 15 is 0 Å². The summed E-state index contributed by atoms with van der Waals surface area (Å²) in [7, 11) is 0. The predicted molar refractivity (Wildman–Crippen MR) is 109 cm³/mol. The van der Waals surface area contributed by atoms with Crippen molar-refractivity contribution in [2.75, 3.05) is 5.32 Å². The zero-order chi connectivity index (χ0) is 18.9. The summed E-state index contributed by atoms with van der Waals surface area (Å²) in [6.45, 7) is 5.50. The van der Waals surface area contributed by atoms with Crippen molar-refractivity contribution in [3.8, 4) is 0 Å². The van der Waals surface area contributed by atoms with Gasteiger partial charge in [0.15, 0.2) is 0 Å². The lowest BCUT2D eigenvalue weighted by Crippen LogP contribution is -2.24. The van der Waals surface area contributed by atoms with Gasteiger partial charge in [-0.15, -0.1) is 11.3 Å². The van der Waals surface area contributed by atoms with Gasteiger partial charge in [-0.25, -0.2) is 4.79 Å². The highest BCUT2D eigenvalue weighted by molar-refractivity contribution is 9.11. The Kier molecular flexibility index (Phi) is 5.16. The number of hydrogen-bond acceptors (Lipinski definition) is 4. The van der Waals surface area contributed by atoms with Gasteiger partial charge in [0.1, 0.15) is 5.60 Å². The normalized spacial score (nSPS) is 11.4. The number of rotatable bonds is 3. The van der Waals surface area contributed by atoms with E-state index in [0.717, 1.165) is 14.6 Å². The fourth-order valence-corrected chi connectivity index (χ4v) is 3.82. The molecule has 0 saturated carbocycles. The Hall–Kier alpha value is -2.18. The molecule has 4 nitrogen and oxygen atoms in total. The number of nitrogens with one attached hydrogen (secondary N) is 1. The van der Waals surface area contributed by atoms with Crippen LogP contribution < -0.4 is 5.32 Å². The minimum absolute atomic E-state index is 0.184. The molecule has 3 rings (SSSR count). The third-order valence-electron chi connectivity index (χ3n) is 3.59. The number of amides is 1. The second-order valence-electron chi connectivity index (χ2n) is 6.77. The molecule has 1 amide bonds. The molecular formula is C20H18BrNO3S. The van der Waals surface area contributed by atoms with E-state index in [1.807, 2.05) is 51.1 Å². The molecule has 134 valence electrons. The fourth-order valence-electron chi connectivity index (χ4n) is 2.54. The highest BCUT2D eigenvalue weighted by Gasteiger charge is 2.21. The third-order valence-corrected chi connectivity index (χ3v) is 5.21. The Morgan fingerprint density at radius 1 is 1.00 bits per heavy atom. The number of ether oxygens (including phenoxy) is 1. The van der Waals surface area contributed by atoms with Crippen molar-refractivity contribution in [1.82, 2.24) is 0 Å². The van der Waals surface area contributed by atoms with Gasteiger partial charge in [0, 0.05) is 11.1 Å². The van der Waals surface area contributed by atoms with Crippen LogP contribution >= 0.6 is 27.3 Å². The molecule has 0 radical (unpaired) electrons. The van der Waals surface area contributed by atoms with Gasteiger partial charge in [-0.3, -0.25) is 4.79 Å². The van der Waals surface area contributed by atoms with Gasteiger partial charge in [0.05, 0.1) is 14.2 Å². The van der Waals surface area contributed by atoms with Gasteiger partial charge < -0.3 is 10.1 Å². The topological polar surface area (TPSA) is 55.4 Å². The number of carbonyl (C=O) groups excluding carboxylic acids is 2. The molecule has 0 saturated heterocycles. The second-order valence-corrected chi connectivity index (χ2v) is 9.23. The first kappa shape index (κ1) is 18.6. The summed E-state index contributed by atoms with van der Waals surface area (Å²) in [5.74, 6) is -0.565. The predicted octanol–water partition coefficient (Wildman–Crippen LogP) is 5.87. The molecule has 3 aromatic rings. The van der Waals surface area contributed by atoms with Crippen molar-refractivity contribution in [1.29, 1.82) is 0 Å². The lowest BCUT2D eigenvalue weighted by molar-refractivity contribution is 0.00718. The second kappa shape index (κ2) is 7.21. The van der Waals surface area contributed by atoms with E-state index < -0.39 is 5.60 Å². The number of hydrogen-bond donors (Lipinski definition) is 1. The number of halogens is 1. The molecule has 0 atom stereocenters. The summed E-state index contributed by atoms with van der Waals surface area (Å²) in [5.41, 5.74) is 0.562. The maximum absolute atomic E-state index is 12.5. The number of esters is 1. The summed E-state index contributed by atoms with van der Waals surface area (Å²) >= 11 is 4.73. The first-order valence-corrected chi connectivity index (χ1v) is 9.67. The molecule has 1 N–H and O–H groups in total. The lowest BCUT2D eigenvalue weighted by atomic mass is 10.0. The van der Waals surface area contributed by atoms with Crippen molar-refractivity contribution in [2.24, 2.45) is 0 Å². The Balaban J connectivity index is 1.97. The molecule has 0 unspecified atom stereocenters. The zero-order valence-corrected chi connectivity index (χ0v) is 17.0. The fraction of sp³-hybridized carbons (Fsp3) is 0.200. The van der Waals surface area contributed by atoms with Gasteiger partial charge in [0.2, 0.25) is 0 Å². The molecule has 1 heterocycles. The van der Waals surface area contributed by atoms with E-state index in [2.05, 4.69) is 21.2 Å². The van der Waals surface area contributed by atoms with E-state index in [1.165, 1.54) is 11.3 Å². The van der Waals surface area contributed by atoms with Gasteiger partial charge in [-0.2, -0.15) is 0 Å².